The van der Waals surface area contributed by atoms with Crippen molar-refractivity contribution in [2.24, 2.45) is 0 Å². The van der Waals surface area contributed by atoms with Crippen LogP contribution in [0.25, 0.3) is 0 Å². The standard InChI is InChI=1S/C17H16INO/c18-16-8-4-3-7-15(16)17(20)19-14-10-9-12-5-1-2-6-13(12)11-14/h1-8,14H,9-11H2,(H,19,20). The first-order valence-corrected chi connectivity index (χ1v) is 7.94. The number of nitrogens with one attached hydrogen (secondary N) is 1. The highest BCUT2D eigenvalue weighted by Crippen LogP contribution is 2.21. The molecule has 2 nitrogen and oxygen atoms in total. The van der Waals surface area contributed by atoms with Crippen LogP contribution in [0.15, 0.2) is 48.5 Å². The Labute approximate surface area is 132 Å². The largest absolute Gasteiger partial charge is 0.349 e. The highest BCUT2D eigenvalue weighted by molar-refractivity contribution is 14.1. The van der Waals surface area contributed by atoms with Crippen LogP contribution in [-0.2, 0) is 12.8 Å². The van der Waals surface area contributed by atoms with Gasteiger partial charge in [-0.1, -0.05) is 36.4 Å². The van der Waals surface area contributed by atoms with Gasteiger partial charge in [0.1, 0.15) is 0 Å². The van der Waals surface area contributed by atoms with Crippen molar-refractivity contribution in [3.05, 3.63) is 68.8 Å². The Morgan fingerprint density at radius 2 is 1.75 bits per heavy atom. The summed E-state index contributed by atoms with van der Waals surface area (Å²) < 4.78 is 0.999. The van der Waals surface area contributed by atoms with Crippen molar-refractivity contribution in [2.75, 3.05) is 0 Å². The third-order valence-corrected chi connectivity index (χ3v) is 4.74. The summed E-state index contributed by atoms with van der Waals surface area (Å²) >= 11 is 2.21. The average molecular weight is 377 g/mol. The highest BCUT2D eigenvalue weighted by atomic mass is 127. The van der Waals surface area contributed by atoms with Gasteiger partial charge in [-0.05, 0) is 65.1 Å². The lowest BCUT2D eigenvalue weighted by molar-refractivity contribution is 0.0933. The highest BCUT2D eigenvalue weighted by Gasteiger charge is 2.20. The number of carbonyl (C=O) groups excluding carboxylic acids is 1. The minimum absolute atomic E-state index is 0.0411. The van der Waals surface area contributed by atoms with E-state index in [9.17, 15) is 4.79 Å². The maximum absolute atomic E-state index is 12.3. The van der Waals surface area contributed by atoms with Gasteiger partial charge in [0.05, 0.1) is 5.56 Å². The lowest BCUT2D eigenvalue weighted by Gasteiger charge is -2.25. The van der Waals surface area contributed by atoms with Crippen molar-refractivity contribution in [1.82, 2.24) is 5.32 Å². The first-order chi connectivity index (χ1) is 9.74. The average Bonchev–Trinajstić information content (AvgIpc) is 2.47. The van der Waals surface area contributed by atoms with Crippen LogP contribution in [0.2, 0.25) is 0 Å². The Hall–Kier alpha value is -1.36. The molecule has 1 N–H and O–H groups in total. The summed E-state index contributed by atoms with van der Waals surface area (Å²) in [5.41, 5.74) is 3.56. The summed E-state index contributed by atoms with van der Waals surface area (Å²) in [4.78, 5) is 12.3. The van der Waals surface area contributed by atoms with Gasteiger partial charge in [-0.2, -0.15) is 0 Å². The number of hydrogen-bond donors (Lipinski definition) is 1. The quantitative estimate of drug-likeness (QED) is 0.797. The van der Waals surface area contributed by atoms with Gasteiger partial charge in [0.2, 0.25) is 0 Å². The molecule has 0 bridgehead atoms. The summed E-state index contributed by atoms with van der Waals surface area (Å²) in [6.07, 6.45) is 3.00. The van der Waals surface area contributed by atoms with E-state index in [1.165, 1.54) is 11.1 Å². The van der Waals surface area contributed by atoms with Gasteiger partial charge < -0.3 is 5.32 Å². The monoisotopic (exact) mass is 377 g/mol. The third kappa shape index (κ3) is 2.87. The van der Waals surface area contributed by atoms with Crippen molar-refractivity contribution in [2.45, 2.75) is 25.3 Å². The number of hydrogen-bond acceptors (Lipinski definition) is 1. The second kappa shape index (κ2) is 5.95. The molecule has 1 amide bonds. The molecule has 1 aliphatic carbocycles. The first-order valence-electron chi connectivity index (χ1n) is 6.86. The molecule has 0 fully saturated rings. The van der Waals surface area contributed by atoms with E-state index in [2.05, 4.69) is 52.2 Å². The van der Waals surface area contributed by atoms with Crippen LogP contribution in [-0.4, -0.2) is 11.9 Å². The molecule has 0 spiro atoms. The number of benzene rings is 2. The molecule has 0 aromatic heterocycles. The Kier molecular flexibility index (Phi) is 4.05. The second-order valence-electron chi connectivity index (χ2n) is 5.16. The van der Waals surface area contributed by atoms with Crippen LogP contribution in [0.3, 0.4) is 0 Å². The maximum atomic E-state index is 12.3. The number of aryl methyl sites for hydroxylation is 1. The van der Waals surface area contributed by atoms with Gasteiger partial charge in [0.15, 0.2) is 0 Å². The van der Waals surface area contributed by atoms with Gasteiger partial charge in [-0.15, -0.1) is 0 Å². The van der Waals surface area contributed by atoms with Crippen molar-refractivity contribution < 1.29 is 4.79 Å². The van der Waals surface area contributed by atoms with Crippen LogP contribution in [0.5, 0.6) is 0 Å². The lowest BCUT2D eigenvalue weighted by atomic mass is 9.88. The number of halogens is 1. The molecule has 3 heteroatoms. The number of amides is 1. The summed E-state index contributed by atoms with van der Waals surface area (Å²) in [6, 6.07) is 16.5. The molecular formula is C17H16INO. The molecular weight excluding hydrogens is 361 g/mol. The summed E-state index contributed by atoms with van der Waals surface area (Å²) in [5.74, 6) is 0.0411. The third-order valence-electron chi connectivity index (χ3n) is 3.80. The van der Waals surface area contributed by atoms with Crippen molar-refractivity contribution in [3.63, 3.8) is 0 Å². The molecule has 0 radical (unpaired) electrons. The van der Waals surface area contributed by atoms with E-state index < -0.39 is 0 Å². The van der Waals surface area contributed by atoms with Crippen molar-refractivity contribution >= 4 is 28.5 Å². The minimum atomic E-state index is 0.0411. The Bertz CT molecular complexity index is 638. The van der Waals surface area contributed by atoms with Crippen LogP contribution < -0.4 is 5.32 Å². The van der Waals surface area contributed by atoms with Crippen LogP contribution >= 0.6 is 22.6 Å². The zero-order valence-corrected chi connectivity index (χ0v) is 13.3. The molecule has 0 saturated carbocycles. The fourth-order valence-electron chi connectivity index (χ4n) is 2.73. The normalized spacial score (nSPS) is 17.4. The zero-order chi connectivity index (χ0) is 13.9. The molecule has 2 aromatic carbocycles. The zero-order valence-electron chi connectivity index (χ0n) is 11.1. The van der Waals surface area contributed by atoms with Crippen LogP contribution in [0.4, 0.5) is 0 Å². The number of rotatable bonds is 2. The fourth-order valence-corrected chi connectivity index (χ4v) is 3.36. The van der Waals surface area contributed by atoms with E-state index in [4.69, 9.17) is 0 Å². The van der Waals surface area contributed by atoms with Crippen LogP contribution in [0, 0.1) is 3.57 Å². The Balaban J connectivity index is 1.71. The molecule has 1 atom stereocenters. The van der Waals surface area contributed by atoms with E-state index in [-0.39, 0.29) is 11.9 Å². The topological polar surface area (TPSA) is 29.1 Å². The molecule has 102 valence electrons. The Morgan fingerprint density at radius 1 is 1.05 bits per heavy atom. The van der Waals surface area contributed by atoms with E-state index >= 15 is 0 Å². The molecule has 2 aromatic rings. The summed E-state index contributed by atoms with van der Waals surface area (Å²) in [5, 5.41) is 3.17. The van der Waals surface area contributed by atoms with E-state index in [1.54, 1.807) is 0 Å². The summed E-state index contributed by atoms with van der Waals surface area (Å²) in [6.45, 7) is 0. The molecule has 1 unspecified atom stereocenters. The molecule has 0 aliphatic heterocycles. The molecule has 3 rings (SSSR count). The van der Waals surface area contributed by atoms with Crippen LogP contribution in [0.1, 0.15) is 27.9 Å². The van der Waals surface area contributed by atoms with Gasteiger partial charge in [0.25, 0.3) is 5.91 Å². The van der Waals surface area contributed by atoms with Gasteiger partial charge in [-0.3, -0.25) is 4.79 Å². The Morgan fingerprint density at radius 3 is 2.55 bits per heavy atom. The molecule has 1 aliphatic rings. The van der Waals surface area contributed by atoms with Gasteiger partial charge >= 0.3 is 0 Å². The second-order valence-corrected chi connectivity index (χ2v) is 6.32. The molecule has 0 saturated heterocycles. The first kappa shape index (κ1) is 13.6. The number of carbonyl (C=O) groups is 1. The van der Waals surface area contributed by atoms with E-state index in [0.717, 1.165) is 28.4 Å². The molecule has 0 heterocycles. The van der Waals surface area contributed by atoms with E-state index in [1.807, 2.05) is 24.3 Å². The van der Waals surface area contributed by atoms with Gasteiger partial charge in [0, 0.05) is 9.61 Å². The SMILES string of the molecule is O=C(NC1CCc2ccccc2C1)c1ccccc1I. The van der Waals surface area contributed by atoms with Gasteiger partial charge in [-0.25, -0.2) is 0 Å². The number of fused-ring (bicyclic) bond motifs is 1. The molecule has 20 heavy (non-hydrogen) atoms. The predicted octanol–water partition coefficient (Wildman–Crippen LogP) is 3.58. The van der Waals surface area contributed by atoms with Crippen molar-refractivity contribution in [1.29, 1.82) is 0 Å². The lowest BCUT2D eigenvalue weighted by Crippen LogP contribution is -2.39. The predicted molar refractivity (Wildman–Crippen MR) is 88.9 cm³/mol. The maximum Gasteiger partial charge on any atom is 0.252 e. The smallest absolute Gasteiger partial charge is 0.252 e. The van der Waals surface area contributed by atoms with Crippen molar-refractivity contribution in [3.8, 4) is 0 Å². The van der Waals surface area contributed by atoms with E-state index in [0.29, 0.717) is 0 Å². The minimum Gasteiger partial charge on any atom is -0.349 e. The summed E-state index contributed by atoms with van der Waals surface area (Å²) in [7, 11) is 0. The fraction of sp³-hybridized carbons (Fsp3) is 0.235.